The van der Waals surface area contributed by atoms with Gasteiger partial charge in [0.05, 0.1) is 5.39 Å². The van der Waals surface area contributed by atoms with E-state index in [1.165, 1.54) is 0 Å². The van der Waals surface area contributed by atoms with E-state index in [9.17, 15) is 4.79 Å². The Kier molecular flexibility index (Phi) is 2.93. The molecule has 0 aliphatic rings. The first kappa shape index (κ1) is 10.7. The second kappa shape index (κ2) is 4.37. The molecule has 2 aromatic rings. The van der Waals surface area contributed by atoms with E-state index in [-0.39, 0.29) is 12.2 Å². The predicted octanol–water partition coefficient (Wildman–Crippen LogP) is 2.19. The van der Waals surface area contributed by atoms with Gasteiger partial charge in [-0.2, -0.15) is 5.26 Å². The highest BCUT2D eigenvalue weighted by atomic mass is 79.9. The third-order valence-corrected chi connectivity index (χ3v) is 2.78. The van der Waals surface area contributed by atoms with E-state index in [1.54, 1.807) is 24.4 Å². The number of nitrogens with one attached hydrogen (secondary N) is 1. The maximum atomic E-state index is 11.6. The number of hydrogen-bond donors (Lipinski definition) is 1. The molecule has 0 saturated carbocycles. The van der Waals surface area contributed by atoms with Crippen molar-refractivity contribution >= 4 is 26.7 Å². The molecule has 1 aromatic carbocycles. The highest BCUT2D eigenvalue weighted by molar-refractivity contribution is 9.10. The number of ether oxygens (including phenoxy) is 1. The van der Waals surface area contributed by atoms with Crippen molar-refractivity contribution in [3.05, 3.63) is 39.2 Å². The van der Waals surface area contributed by atoms with Gasteiger partial charge in [-0.1, -0.05) is 0 Å². The topological polar surface area (TPSA) is 65.9 Å². The number of benzene rings is 1. The first-order valence-corrected chi connectivity index (χ1v) is 5.32. The lowest BCUT2D eigenvalue weighted by Gasteiger charge is -2.04. The molecule has 16 heavy (non-hydrogen) atoms. The number of hydrogen-bond acceptors (Lipinski definition) is 3. The van der Waals surface area contributed by atoms with Crippen molar-refractivity contribution < 1.29 is 4.74 Å². The Morgan fingerprint density at radius 2 is 2.25 bits per heavy atom. The van der Waals surface area contributed by atoms with Gasteiger partial charge in [0.25, 0.3) is 5.56 Å². The summed E-state index contributed by atoms with van der Waals surface area (Å²) in [5.41, 5.74) is -0.180. The van der Waals surface area contributed by atoms with Gasteiger partial charge in [-0.15, -0.1) is 0 Å². The number of H-pyrrole nitrogens is 1. The Morgan fingerprint density at radius 3 is 3.00 bits per heavy atom. The van der Waals surface area contributed by atoms with Crippen molar-refractivity contribution in [2.75, 3.05) is 6.61 Å². The van der Waals surface area contributed by atoms with Gasteiger partial charge in [0.2, 0.25) is 0 Å². The maximum Gasteiger partial charge on any atom is 0.256 e. The molecule has 0 radical (unpaired) electrons. The molecular formula is C11H7BrN2O2. The molecule has 1 N–H and O–H groups in total. The molecule has 5 heteroatoms. The van der Waals surface area contributed by atoms with E-state index < -0.39 is 0 Å². The van der Waals surface area contributed by atoms with Crippen molar-refractivity contribution in [2.24, 2.45) is 0 Å². The monoisotopic (exact) mass is 278 g/mol. The van der Waals surface area contributed by atoms with E-state index in [0.717, 1.165) is 9.86 Å². The molecule has 0 atom stereocenters. The minimum atomic E-state index is -0.180. The molecule has 80 valence electrons. The van der Waals surface area contributed by atoms with Gasteiger partial charge in [-0.3, -0.25) is 4.79 Å². The van der Waals surface area contributed by atoms with Gasteiger partial charge in [0.1, 0.15) is 11.8 Å². The molecule has 2 rings (SSSR count). The van der Waals surface area contributed by atoms with Crippen molar-refractivity contribution in [3.8, 4) is 11.8 Å². The summed E-state index contributed by atoms with van der Waals surface area (Å²) in [4.78, 5) is 14.2. The Hall–Kier alpha value is -1.80. The van der Waals surface area contributed by atoms with Crippen molar-refractivity contribution in [1.82, 2.24) is 4.98 Å². The standard InChI is InChI=1S/C11H7BrN2O2/c12-10-6-14-11(15)9-5-7(16-4-3-13)1-2-8(9)10/h1-2,5-6H,4H2,(H,14,15). The minimum absolute atomic E-state index is 0.0303. The number of pyridine rings is 1. The summed E-state index contributed by atoms with van der Waals surface area (Å²) in [5, 5.41) is 9.73. The molecular weight excluding hydrogens is 272 g/mol. The minimum Gasteiger partial charge on any atom is -0.479 e. The van der Waals surface area contributed by atoms with Gasteiger partial charge in [0.15, 0.2) is 6.61 Å². The van der Waals surface area contributed by atoms with Crippen LogP contribution in [-0.4, -0.2) is 11.6 Å². The number of rotatable bonds is 2. The first-order valence-electron chi connectivity index (χ1n) is 4.53. The zero-order valence-electron chi connectivity index (χ0n) is 8.16. The average molecular weight is 279 g/mol. The zero-order valence-corrected chi connectivity index (χ0v) is 9.74. The van der Waals surface area contributed by atoms with E-state index in [4.69, 9.17) is 10.00 Å². The van der Waals surface area contributed by atoms with Crippen LogP contribution < -0.4 is 10.3 Å². The normalized spacial score (nSPS) is 10.0. The van der Waals surface area contributed by atoms with Gasteiger partial charge in [-0.05, 0) is 34.1 Å². The van der Waals surface area contributed by atoms with Gasteiger partial charge >= 0.3 is 0 Å². The van der Waals surface area contributed by atoms with E-state index in [1.807, 2.05) is 6.07 Å². The van der Waals surface area contributed by atoms with Crippen molar-refractivity contribution in [3.63, 3.8) is 0 Å². The van der Waals surface area contributed by atoms with Crippen molar-refractivity contribution in [2.45, 2.75) is 0 Å². The second-order valence-electron chi connectivity index (χ2n) is 3.12. The largest absolute Gasteiger partial charge is 0.479 e. The molecule has 0 saturated heterocycles. The lowest BCUT2D eigenvalue weighted by molar-refractivity contribution is 0.368. The summed E-state index contributed by atoms with van der Waals surface area (Å²) in [6, 6.07) is 7.00. The van der Waals surface area contributed by atoms with Crippen LogP contribution in [0.5, 0.6) is 5.75 Å². The third kappa shape index (κ3) is 1.92. The van der Waals surface area contributed by atoms with Crippen LogP contribution >= 0.6 is 15.9 Å². The molecule has 1 aromatic heterocycles. The Bertz CT molecular complexity index is 628. The van der Waals surface area contributed by atoms with Crippen LogP contribution in [0, 0.1) is 11.3 Å². The van der Waals surface area contributed by atoms with E-state index in [2.05, 4.69) is 20.9 Å². The summed E-state index contributed by atoms with van der Waals surface area (Å²) >= 11 is 3.34. The van der Waals surface area contributed by atoms with Gasteiger partial charge < -0.3 is 9.72 Å². The number of aromatic amines is 1. The Labute approximate surface area is 99.6 Å². The highest BCUT2D eigenvalue weighted by Gasteiger charge is 2.04. The quantitative estimate of drug-likeness (QED) is 0.916. The first-order chi connectivity index (χ1) is 7.72. The fraction of sp³-hybridized carbons (Fsp3) is 0.0909. The van der Waals surface area contributed by atoms with Crippen molar-refractivity contribution in [1.29, 1.82) is 5.26 Å². The number of nitriles is 1. The molecule has 0 fully saturated rings. The van der Waals surface area contributed by atoms with Gasteiger partial charge in [-0.25, -0.2) is 0 Å². The smallest absolute Gasteiger partial charge is 0.256 e. The molecule has 0 aliphatic carbocycles. The summed E-state index contributed by atoms with van der Waals surface area (Å²) in [5.74, 6) is 0.512. The summed E-state index contributed by atoms with van der Waals surface area (Å²) < 4.78 is 5.94. The van der Waals surface area contributed by atoms with Crippen LogP contribution in [0.1, 0.15) is 0 Å². The summed E-state index contributed by atoms with van der Waals surface area (Å²) in [6.07, 6.45) is 1.60. The van der Waals surface area contributed by atoms with E-state index >= 15 is 0 Å². The molecule has 0 bridgehead atoms. The second-order valence-corrected chi connectivity index (χ2v) is 3.97. The number of nitrogens with zero attached hydrogens (tertiary/aromatic N) is 1. The van der Waals surface area contributed by atoms with E-state index in [0.29, 0.717) is 11.1 Å². The highest BCUT2D eigenvalue weighted by Crippen LogP contribution is 2.23. The molecule has 0 unspecified atom stereocenters. The molecule has 4 nitrogen and oxygen atoms in total. The Morgan fingerprint density at radius 1 is 1.44 bits per heavy atom. The van der Waals surface area contributed by atoms with Crippen LogP contribution in [0.2, 0.25) is 0 Å². The van der Waals surface area contributed by atoms with Crippen LogP contribution in [0.25, 0.3) is 10.8 Å². The third-order valence-electron chi connectivity index (χ3n) is 2.13. The average Bonchev–Trinajstić information content (AvgIpc) is 2.31. The van der Waals surface area contributed by atoms with Crippen LogP contribution in [0.15, 0.2) is 33.7 Å². The fourth-order valence-electron chi connectivity index (χ4n) is 1.41. The SMILES string of the molecule is N#CCOc1ccc2c(Br)c[nH]c(=O)c2c1. The molecule has 0 aliphatic heterocycles. The number of aromatic nitrogens is 1. The lowest BCUT2D eigenvalue weighted by atomic mass is 10.2. The predicted molar refractivity (Wildman–Crippen MR) is 63.4 cm³/mol. The fourth-order valence-corrected chi connectivity index (χ4v) is 1.87. The summed E-state index contributed by atoms with van der Waals surface area (Å²) in [6.45, 7) is -0.0303. The van der Waals surface area contributed by atoms with Gasteiger partial charge in [0, 0.05) is 16.1 Å². The molecule has 0 spiro atoms. The molecule has 1 heterocycles. The maximum absolute atomic E-state index is 11.6. The lowest BCUT2D eigenvalue weighted by Crippen LogP contribution is -2.05. The number of fused-ring (bicyclic) bond motifs is 1. The van der Waals surface area contributed by atoms with Crippen LogP contribution in [0.4, 0.5) is 0 Å². The Balaban J connectivity index is 2.58. The zero-order chi connectivity index (χ0) is 11.5. The molecule has 0 amide bonds. The number of halogens is 1. The van der Waals surface area contributed by atoms with Crippen LogP contribution in [0.3, 0.4) is 0 Å². The van der Waals surface area contributed by atoms with Crippen LogP contribution in [-0.2, 0) is 0 Å². The summed E-state index contributed by atoms with van der Waals surface area (Å²) in [7, 11) is 0.